The topological polar surface area (TPSA) is 131 Å². The monoisotopic (exact) mass is 475 g/mol. The fourth-order valence-corrected chi connectivity index (χ4v) is 5.14. The van der Waals surface area contributed by atoms with Crippen molar-refractivity contribution in [3.05, 3.63) is 35.4 Å². The number of methoxy groups -OCH3 is 1. The zero-order valence-electron chi connectivity index (χ0n) is 17.4. The minimum atomic E-state index is -0.918. The summed E-state index contributed by atoms with van der Waals surface area (Å²) in [5.41, 5.74) is 0.546. The van der Waals surface area contributed by atoms with Crippen molar-refractivity contribution in [2.45, 2.75) is 35.4 Å². The van der Waals surface area contributed by atoms with Gasteiger partial charge in [0.1, 0.15) is 12.1 Å². The van der Waals surface area contributed by atoms with E-state index in [1.165, 1.54) is 30.2 Å². The molecule has 2 fully saturated rings. The predicted molar refractivity (Wildman–Crippen MR) is 117 cm³/mol. The lowest BCUT2D eigenvalue weighted by molar-refractivity contribution is -0.134. The molecule has 1 aliphatic carbocycles. The molecule has 2 aromatic rings. The van der Waals surface area contributed by atoms with Gasteiger partial charge in [-0.1, -0.05) is 35.2 Å². The first kappa shape index (κ1) is 22.2. The highest BCUT2D eigenvalue weighted by Crippen LogP contribution is 2.42. The number of ether oxygens (including phenoxy) is 1. The standard InChI is InChI=1S/C20H21N5O5S2/c1-20(13-7-8-13)16(28)25(18(29)22-20)9-14(26)21-17-23-24-19(32-17)31-10-11-3-5-12(6-4-11)15(27)30-2/h3-6,13H,7-10H2,1-2H3,(H,22,29)(H,21,23,26)/t20-/m0/s1. The van der Waals surface area contributed by atoms with Crippen LogP contribution < -0.4 is 10.6 Å². The lowest BCUT2D eigenvalue weighted by Gasteiger charge is -2.20. The van der Waals surface area contributed by atoms with Crippen LogP contribution in [0.3, 0.4) is 0 Å². The number of amides is 4. The molecule has 1 atom stereocenters. The van der Waals surface area contributed by atoms with Crippen molar-refractivity contribution < 1.29 is 23.9 Å². The van der Waals surface area contributed by atoms with E-state index >= 15 is 0 Å². The molecule has 1 aromatic heterocycles. The molecule has 4 amide bonds. The maximum absolute atomic E-state index is 12.6. The van der Waals surface area contributed by atoms with Crippen molar-refractivity contribution in [2.75, 3.05) is 19.0 Å². The fraction of sp³-hybridized carbons (Fsp3) is 0.400. The van der Waals surface area contributed by atoms with E-state index in [1.54, 1.807) is 19.1 Å². The first-order chi connectivity index (χ1) is 15.3. The summed E-state index contributed by atoms with van der Waals surface area (Å²) in [4.78, 5) is 49.6. The molecule has 2 N–H and O–H groups in total. The summed E-state index contributed by atoms with van der Waals surface area (Å²) < 4.78 is 5.32. The molecule has 10 nitrogen and oxygen atoms in total. The van der Waals surface area contributed by atoms with E-state index in [-0.39, 0.29) is 29.5 Å². The molecule has 0 spiro atoms. The van der Waals surface area contributed by atoms with E-state index in [1.807, 2.05) is 12.1 Å². The van der Waals surface area contributed by atoms with Crippen LogP contribution in [0.4, 0.5) is 9.93 Å². The summed E-state index contributed by atoms with van der Waals surface area (Å²) in [5.74, 6) is -0.538. The van der Waals surface area contributed by atoms with Crippen LogP contribution >= 0.6 is 23.1 Å². The number of esters is 1. The molecule has 4 rings (SSSR count). The van der Waals surface area contributed by atoms with Gasteiger partial charge in [0.15, 0.2) is 4.34 Å². The van der Waals surface area contributed by atoms with Gasteiger partial charge in [-0.2, -0.15) is 0 Å². The van der Waals surface area contributed by atoms with Crippen LogP contribution in [0.25, 0.3) is 0 Å². The minimum Gasteiger partial charge on any atom is -0.465 e. The molecule has 1 saturated carbocycles. The zero-order chi connectivity index (χ0) is 22.9. The number of nitrogens with zero attached hydrogens (tertiary/aromatic N) is 3. The van der Waals surface area contributed by atoms with Crippen LogP contribution in [0.1, 0.15) is 35.7 Å². The summed E-state index contributed by atoms with van der Waals surface area (Å²) in [7, 11) is 1.33. The smallest absolute Gasteiger partial charge is 0.337 e. The van der Waals surface area contributed by atoms with Crippen molar-refractivity contribution in [1.82, 2.24) is 20.4 Å². The molecular weight excluding hydrogens is 454 g/mol. The highest BCUT2D eigenvalue weighted by Gasteiger charge is 2.56. The molecular formula is C20H21N5O5S2. The molecule has 0 bridgehead atoms. The predicted octanol–water partition coefficient (Wildman–Crippen LogP) is 2.28. The first-order valence-corrected chi connectivity index (χ1v) is 11.7. The zero-order valence-corrected chi connectivity index (χ0v) is 19.0. The van der Waals surface area contributed by atoms with Crippen LogP contribution in [-0.2, 0) is 20.1 Å². The summed E-state index contributed by atoms with van der Waals surface area (Å²) >= 11 is 2.63. The molecule has 0 unspecified atom stereocenters. The van der Waals surface area contributed by atoms with Crippen molar-refractivity contribution in [2.24, 2.45) is 5.92 Å². The maximum atomic E-state index is 12.6. The number of anilines is 1. The molecule has 2 aliphatic rings. The van der Waals surface area contributed by atoms with Gasteiger partial charge in [-0.05, 0) is 43.4 Å². The van der Waals surface area contributed by atoms with E-state index < -0.39 is 17.5 Å². The van der Waals surface area contributed by atoms with E-state index in [2.05, 4.69) is 25.6 Å². The molecule has 0 radical (unpaired) electrons. The maximum Gasteiger partial charge on any atom is 0.337 e. The second-order valence-electron chi connectivity index (χ2n) is 7.70. The quantitative estimate of drug-likeness (QED) is 0.257. The number of nitrogens with one attached hydrogen (secondary N) is 2. The molecule has 12 heteroatoms. The number of hydrogen-bond acceptors (Lipinski definition) is 9. The van der Waals surface area contributed by atoms with E-state index in [4.69, 9.17) is 0 Å². The Hall–Kier alpha value is -2.99. The Morgan fingerprint density at radius 2 is 2.00 bits per heavy atom. The molecule has 1 aliphatic heterocycles. The molecule has 2 heterocycles. The average Bonchev–Trinajstić information content (AvgIpc) is 3.52. The molecule has 1 aromatic carbocycles. The Labute approximate surface area is 192 Å². The third-order valence-corrected chi connectivity index (χ3v) is 7.43. The number of rotatable bonds is 8. The SMILES string of the molecule is COC(=O)c1ccc(CSc2nnc(NC(=O)CN3C(=O)N[C@@](C)(C4CC4)C3=O)s2)cc1. The van der Waals surface area contributed by atoms with E-state index in [9.17, 15) is 19.2 Å². The highest BCUT2D eigenvalue weighted by atomic mass is 32.2. The van der Waals surface area contributed by atoms with Crippen molar-refractivity contribution >= 4 is 52.0 Å². The van der Waals surface area contributed by atoms with Crippen LogP contribution in [0.5, 0.6) is 0 Å². The van der Waals surface area contributed by atoms with Gasteiger partial charge in [0.05, 0.1) is 12.7 Å². The number of benzene rings is 1. The summed E-state index contributed by atoms with van der Waals surface area (Å²) in [6.45, 7) is 1.33. The average molecular weight is 476 g/mol. The lowest BCUT2D eigenvalue weighted by atomic mass is 9.96. The normalized spacial score (nSPS) is 20.2. The number of thioether (sulfide) groups is 1. The van der Waals surface area contributed by atoms with Crippen LogP contribution in [0, 0.1) is 5.92 Å². The number of carbonyl (C=O) groups is 4. The Balaban J connectivity index is 1.28. The van der Waals surface area contributed by atoms with Gasteiger partial charge in [-0.25, -0.2) is 9.59 Å². The molecule has 1 saturated heterocycles. The first-order valence-electron chi connectivity index (χ1n) is 9.87. The van der Waals surface area contributed by atoms with Crippen LogP contribution in [-0.4, -0.2) is 58.1 Å². The summed E-state index contributed by atoms with van der Waals surface area (Å²) in [6.07, 6.45) is 1.78. The lowest BCUT2D eigenvalue weighted by Crippen LogP contribution is -2.46. The Bertz CT molecular complexity index is 1070. The van der Waals surface area contributed by atoms with Crippen LogP contribution in [0.2, 0.25) is 0 Å². The van der Waals surface area contributed by atoms with Gasteiger partial charge in [-0.15, -0.1) is 10.2 Å². The molecule has 32 heavy (non-hydrogen) atoms. The van der Waals surface area contributed by atoms with E-state index in [0.29, 0.717) is 15.7 Å². The van der Waals surface area contributed by atoms with Crippen molar-refractivity contribution in [1.29, 1.82) is 0 Å². The van der Waals surface area contributed by atoms with Gasteiger partial charge < -0.3 is 10.1 Å². The van der Waals surface area contributed by atoms with Gasteiger partial charge in [0.25, 0.3) is 5.91 Å². The van der Waals surface area contributed by atoms with E-state index in [0.717, 1.165) is 23.3 Å². The summed E-state index contributed by atoms with van der Waals surface area (Å²) in [6, 6.07) is 6.49. The Morgan fingerprint density at radius 1 is 1.28 bits per heavy atom. The number of carbonyl (C=O) groups excluding carboxylic acids is 4. The largest absolute Gasteiger partial charge is 0.465 e. The van der Waals surface area contributed by atoms with Gasteiger partial charge in [0.2, 0.25) is 11.0 Å². The molecule has 168 valence electrons. The van der Waals surface area contributed by atoms with Gasteiger partial charge in [0, 0.05) is 5.75 Å². The number of imide groups is 1. The second kappa shape index (κ2) is 8.87. The third-order valence-electron chi connectivity index (χ3n) is 5.39. The van der Waals surface area contributed by atoms with Gasteiger partial charge in [-0.3, -0.25) is 19.8 Å². The second-order valence-corrected chi connectivity index (χ2v) is 9.90. The minimum absolute atomic E-state index is 0.131. The van der Waals surface area contributed by atoms with Crippen LogP contribution in [0.15, 0.2) is 28.6 Å². The number of urea groups is 1. The summed E-state index contributed by atoms with van der Waals surface area (Å²) in [5, 5.41) is 13.6. The Morgan fingerprint density at radius 3 is 2.66 bits per heavy atom. The highest BCUT2D eigenvalue weighted by molar-refractivity contribution is 8.00. The number of hydrogen-bond donors (Lipinski definition) is 2. The van der Waals surface area contributed by atoms with Crippen molar-refractivity contribution in [3.63, 3.8) is 0 Å². The Kier molecular flexibility index (Phi) is 6.15. The van der Waals surface area contributed by atoms with Gasteiger partial charge >= 0.3 is 12.0 Å². The fourth-order valence-electron chi connectivity index (χ4n) is 3.42. The number of aromatic nitrogens is 2. The third kappa shape index (κ3) is 4.60. The van der Waals surface area contributed by atoms with Crippen molar-refractivity contribution in [3.8, 4) is 0 Å².